The smallest absolute Gasteiger partial charge is 0.313 e. The first-order valence-electron chi connectivity index (χ1n) is 5.94. The third-order valence-corrected chi connectivity index (χ3v) is 3.91. The Morgan fingerprint density at radius 1 is 1.26 bits per heavy atom. The molecule has 0 fully saturated rings. The maximum atomic E-state index is 11.9. The number of hydrogen-bond donors (Lipinski definition) is 2. The molecule has 6 heteroatoms. The SMILES string of the molecule is O=C(O)CSCC(=O)N1CCc2ccc(O)cc2C1. The Morgan fingerprint density at radius 3 is 2.79 bits per heavy atom. The maximum Gasteiger partial charge on any atom is 0.313 e. The maximum absolute atomic E-state index is 11.9. The molecule has 2 N–H and O–H groups in total. The molecule has 102 valence electrons. The van der Waals surface area contributed by atoms with Crippen molar-refractivity contribution < 1.29 is 19.8 Å². The van der Waals surface area contributed by atoms with Gasteiger partial charge in [-0.15, -0.1) is 11.8 Å². The summed E-state index contributed by atoms with van der Waals surface area (Å²) in [7, 11) is 0. The molecule has 5 nitrogen and oxygen atoms in total. The van der Waals surface area contributed by atoms with Crippen LogP contribution in [0.4, 0.5) is 0 Å². The van der Waals surface area contributed by atoms with Gasteiger partial charge in [-0.3, -0.25) is 9.59 Å². The fourth-order valence-electron chi connectivity index (χ4n) is 2.07. The number of carboxylic acid groups (broad SMARTS) is 1. The molecule has 0 radical (unpaired) electrons. The van der Waals surface area contributed by atoms with Crippen molar-refractivity contribution in [3.8, 4) is 5.75 Å². The molecular weight excluding hydrogens is 266 g/mol. The first-order valence-corrected chi connectivity index (χ1v) is 7.10. The second kappa shape index (κ2) is 5.97. The van der Waals surface area contributed by atoms with Crippen LogP contribution in [0.2, 0.25) is 0 Å². The van der Waals surface area contributed by atoms with E-state index in [-0.39, 0.29) is 23.2 Å². The van der Waals surface area contributed by atoms with Gasteiger partial charge in [-0.1, -0.05) is 6.07 Å². The molecule has 0 saturated heterocycles. The summed E-state index contributed by atoms with van der Waals surface area (Å²) in [6.45, 7) is 1.13. The average Bonchev–Trinajstić information content (AvgIpc) is 2.37. The van der Waals surface area contributed by atoms with Gasteiger partial charge in [0.1, 0.15) is 5.75 Å². The van der Waals surface area contributed by atoms with E-state index in [0.29, 0.717) is 13.1 Å². The van der Waals surface area contributed by atoms with E-state index in [2.05, 4.69) is 0 Å². The van der Waals surface area contributed by atoms with Crippen LogP contribution in [0.25, 0.3) is 0 Å². The molecule has 1 heterocycles. The molecule has 0 spiro atoms. The molecule has 1 aromatic carbocycles. The highest BCUT2D eigenvalue weighted by Crippen LogP contribution is 2.23. The van der Waals surface area contributed by atoms with E-state index in [1.54, 1.807) is 17.0 Å². The Bertz CT molecular complexity index is 503. The number of carboxylic acids is 1. The van der Waals surface area contributed by atoms with E-state index in [9.17, 15) is 14.7 Å². The lowest BCUT2D eigenvalue weighted by molar-refractivity contribution is -0.133. The van der Waals surface area contributed by atoms with Gasteiger partial charge in [-0.25, -0.2) is 0 Å². The molecule has 1 amide bonds. The number of amides is 1. The molecule has 0 saturated carbocycles. The predicted octanol–water partition coefficient (Wildman–Crippen LogP) is 1.09. The number of carbonyl (C=O) groups is 2. The second-order valence-corrected chi connectivity index (χ2v) is 5.39. The van der Waals surface area contributed by atoms with E-state index >= 15 is 0 Å². The van der Waals surface area contributed by atoms with Crippen molar-refractivity contribution in [1.29, 1.82) is 0 Å². The van der Waals surface area contributed by atoms with Crippen LogP contribution < -0.4 is 0 Å². The molecule has 1 aromatic rings. The lowest BCUT2D eigenvalue weighted by Gasteiger charge is -2.28. The van der Waals surface area contributed by atoms with Crippen molar-refractivity contribution in [3.63, 3.8) is 0 Å². The van der Waals surface area contributed by atoms with Gasteiger partial charge in [-0.05, 0) is 29.7 Å². The van der Waals surface area contributed by atoms with Gasteiger partial charge in [0.05, 0.1) is 11.5 Å². The molecule has 2 rings (SSSR count). The molecule has 0 unspecified atom stereocenters. The van der Waals surface area contributed by atoms with Crippen molar-refractivity contribution in [2.24, 2.45) is 0 Å². The van der Waals surface area contributed by atoms with E-state index in [1.807, 2.05) is 6.07 Å². The third-order valence-electron chi connectivity index (χ3n) is 3.01. The normalized spacial score (nSPS) is 14.0. The molecule has 0 aliphatic carbocycles. The summed E-state index contributed by atoms with van der Waals surface area (Å²) in [6.07, 6.45) is 0.769. The quantitative estimate of drug-likeness (QED) is 0.864. The van der Waals surface area contributed by atoms with Crippen molar-refractivity contribution in [3.05, 3.63) is 29.3 Å². The lowest BCUT2D eigenvalue weighted by Crippen LogP contribution is -2.37. The zero-order chi connectivity index (χ0) is 13.8. The largest absolute Gasteiger partial charge is 0.508 e. The highest BCUT2D eigenvalue weighted by molar-refractivity contribution is 8.00. The first kappa shape index (κ1) is 13.7. The summed E-state index contributed by atoms with van der Waals surface area (Å²) in [5.41, 5.74) is 2.11. The molecule has 1 aliphatic heterocycles. The van der Waals surface area contributed by atoms with Crippen molar-refractivity contribution in [1.82, 2.24) is 4.90 Å². The fraction of sp³-hybridized carbons (Fsp3) is 0.385. The Labute approximate surface area is 115 Å². The number of fused-ring (bicyclic) bond motifs is 1. The summed E-state index contributed by atoms with van der Waals surface area (Å²) in [6, 6.07) is 5.21. The van der Waals surface area contributed by atoms with Gasteiger partial charge in [0.25, 0.3) is 0 Å². The average molecular weight is 281 g/mol. The van der Waals surface area contributed by atoms with Crippen molar-refractivity contribution in [2.45, 2.75) is 13.0 Å². The van der Waals surface area contributed by atoms with E-state index in [4.69, 9.17) is 5.11 Å². The van der Waals surface area contributed by atoms with Crippen LogP contribution in [0.3, 0.4) is 0 Å². The third kappa shape index (κ3) is 3.64. The van der Waals surface area contributed by atoms with Crippen LogP contribution in [-0.2, 0) is 22.6 Å². The van der Waals surface area contributed by atoms with Crippen LogP contribution in [-0.4, -0.2) is 45.0 Å². The summed E-state index contributed by atoms with van der Waals surface area (Å²) in [5, 5.41) is 18.0. The summed E-state index contributed by atoms with van der Waals surface area (Å²) in [5.74, 6) is -0.641. The Kier molecular flexibility index (Phi) is 4.31. The van der Waals surface area contributed by atoms with Gasteiger partial charge in [0.15, 0.2) is 0 Å². The molecule has 0 aromatic heterocycles. The molecule has 0 atom stereocenters. The fourth-order valence-corrected chi connectivity index (χ4v) is 2.71. The zero-order valence-corrected chi connectivity index (χ0v) is 11.2. The van der Waals surface area contributed by atoms with Crippen LogP contribution in [0.15, 0.2) is 18.2 Å². The monoisotopic (exact) mass is 281 g/mol. The predicted molar refractivity (Wildman–Crippen MR) is 72.2 cm³/mol. The van der Waals surface area contributed by atoms with E-state index in [0.717, 1.165) is 29.3 Å². The summed E-state index contributed by atoms with van der Waals surface area (Å²) < 4.78 is 0. The number of aliphatic carboxylic acids is 1. The number of benzene rings is 1. The number of carbonyl (C=O) groups excluding carboxylic acids is 1. The number of phenols is 1. The van der Waals surface area contributed by atoms with Crippen LogP contribution >= 0.6 is 11.8 Å². The van der Waals surface area contributed by atoms with Gasteiger partial charge in [0, 0.05) is 13.1 Å². The number of thioether (sulfide) groups is 1. The number of rotatable bonds is 4. The van der Waals surface area contributed by atoms with Gasteiger partial charge in [0.2, 0.25) is 5.91 Å². The van der Waals surface area contributed by atoms with E-state index < -0.39 is 5.97 Å². The number of nitrogens with zero attached hydrogens (tertiary/aromatic N) is 1. The Balaban J connectivity index is 1.93. The van der Waals surface area contributed by atoms with Crippen molar-refractivity contribution >= 4 is 23.6 Å². The minimum Gasteiger partial charge on any atom is -0.508 e. The summed E-state index contributed by atoms with van der Waals surface area (Å²) >= 11 is 1.11. The number of aromatic hydroxyl groups is 1. The van der Waals surface area contributed by atoms with Crippen LogP contribution in [0, 0.1) is 0 Å². The lowest BCUT2D eigenvalue weighted by atomic mass is 9.99. The van der Waals surface area contributed by atoms with Gasteiger partial charge < -0.3 is 15.1 Å². The van der Waals surface area contributed by atoms with Gasteiger partial charge >= 0.3 is 5.97 Å². The first-order chi connectivity index (χ1) is 9.06. The molecule has 1 aliphatic rings. The minimum absolute atomic E-state index is 0.0553. The molecular formula is C13H15NO4S. The Morgan fingerprint density at radius 2 is 2.05 bits per heavy atom. The summed E-state index contributed by atoms with van der Waals surface area (Å²) in [4.78, 5) is 24.0. The Hall–Kier alpha value is -1.69. The van der Waals surface area contributed by atoms with Crippen LogP contribution in [0.5, 0.6) is 5.75 Å². The second-order valence-electron chi connectivity index (χ2n) is 4.40. The highest BCUT2D eigenvalue weighted by Gasteiger charge is 2.20. The van der Waals surface area contributed by atoms with Crippen molar-refractivity contribution in [2.75, 3.05) is 18.1 Å². The van der Waals surface area contributed by atoms with Crippen LogP contribution in [0.1, 0.15) is 11.1 Å². The van der Waals surface area contributed by atoms with E-state index in [1.165, 1.54) is 0 Å². The van der Waals surface area contributed by atoms with Gasteiger partial charge in [-0.2, -0.15) is 0 Å². The zero-order valence-electron chi connectivity index (χ0n) is 10.3. The highest BCUT2D eigenvalue weighted by atomic mass is 32.2. The number of hydrogen-bond acceptors (Lipinski definition) is 4. The minimum atomic E-state index is -0.910. The standard InChI is InChI=1S/C13H15NO4S/c15-11-2-1-9-3-4-14(6-10(9)5-11)12(16)7-19-8-13(17)18/h1-2,5,15H,3-4,6-8H2,(H,17,18). The topological polar surface area (TPSA) is 77.8 Å². The molecule has 19 heavy (non-hydrogen) atoms. The molecule has 0 bridgehead atoms. The number of phenolic OH excluding ortho intramolecular Hbond substituents is 1.